The Kier molecular flexibility index (Phi) is 2.87. The van der Waals surface area contributed by atoms with Crippen LogP contribution in [0, 0.1) is 0 Å². The fraction of sp³-hybridized carbons (Fsp3) is 0.0667. The monoisotopic (exact) mass is 267 g/mol. The number of carboxylic acid groups (broad SMARTS) is 1. The predicted octanol–water partition coefficient (Wildman–Crippen LogP) is 2.43. The lowest BCUT2D eigenvalue weighted by Gasteiger charge is -1.98. The van der Waals surface area contributed by atoms with Gasteiger partial charge < -0.3 is 15.8 Å². The highest BCUT2D eigenvalue weighted by atomic mass is 16.4. The van der Waals surface area contributed by atoms with Crippen LogP contribution in [-0.2, 0) is 6.42 Å². The number of anilines is 1. The first-order valence-electron chi connectivity index (χ1n) is 6.18. The van der Waals surface area contributed by atoms with Crippen LogP contribution >= 0.6 is 0 Å². The minimum Gasteiger partial charge on any atom is -0.478 e. The predicted molar refractivity (Wildman–Crippen MR) is 76.7 cm³/mol. The Morgan fingerprint density at radius 1 is 1.20 bits per heavy atom. The third-order valence-electron chi connectivity index (χ3n) is 3.13. The molecule has 0 amide bonds. The molecule has 0 bridgehead atoms. The number of hydrogen-bond donors (Lipinski definition) is 3. The van der Waals surface area contributed by atoms with Crippen LogP contribution in [0.4, 0.5) is 5.69 Å². The minimum atomic E-state index is -0.943. The number of H-pyrrole nitrogens is 1. The van der Waals surface area contributed by atoms with E-state index in [-0.39, 0.29) is 5.56 Å². The topological polar surface area (TPSA) is 92.0 Å². The number of aromatic amines is 1. The van der Waals surface area contributed by atoms with Gasteiger partial charge >= 0.3 is 5.97 Å². The average molecular weight is 267 g/mol. The molecule has 100 valence electrons. The summed E-state index contributed by atoms with van der Waals surface area (Å²) in [7, 11) is 0. The fourth-order valence-corrected chi connectivity index (χ4v) is 2.11. The number of carbonyl (C=O) groups is 1. The standard InChI is InChI=1S/C15H13N3O2/c16-11-4-1-9(2-5-11)7-14-17-12-6-3-10(15(19)20)8-13(12)18-14/h1-6,8H,7,16H2,(H,17,18)(H,19,20). The van der Waals surface area contributed by atoms with Crippen molar-refractivity contribution in [2.45, 2.75) is 6.42 Å². The van der Waals surface area contributed by atoms with Gasteiger partial charge in [-0.25, -0.2) is 9.78 Å². The van der Waals surface area contributed by atoms with E-state index in [1.54, 1.807) is 18.2 Å². The van der Waals surface area contributed by atoms with Gasteiger partial charge in [-0.1, -0.05) is 12.1 Å². The SMILES string of the molecule is Nc1ccc(Cc2nc3ccc(C(=O)O)cc3[nH]2)cc1. The highest BCUT2D eigenvalue weighted by Crippen LogP contribution is 2.16. The van der Waals surface area contributed by atoms with Crippen molar-refractivity contribution in [3.63, 3.8) is 0 Å². The summed E-state index contributed by atoms with van der Waals surface area (Å²) in [4.78, 5) is 18.5. The van der Waals surface area contributed by atoms with Gasteiger partial charge in [0.1, 0.15) is 5.82 Å². The summed E-state index contributed by atoms with van der Waals surface area (Å²) in [5.41, 5.74) is 9.21. The lowest BCUT2D eigenvalue weighted by molar-refractivity contribution is 0.0697. The third-order valence-corrected chi connectivity index (χ3v) is 3.13. The zero-order chi connectivity index (χ0) is 14.1. The summed E-state index contributed by atoms with van der Waals surface area (Å²) in [6, 6.07) is 12.5. The molecule has 0 aliphatic heterocycles. The molecule has 0 fully saturated rings. The van der Waals surface area contributed by atoms with Crippen molar-refractivity contribution in [1.82, 2.24) is 9.97 Å². The molecule has 0 saturated heterocycles. The van der Waals surface area contributed by atoms with E-state index in [2.05, 4.69) is 9.97 Å². The second-order valence-electron chi connectivity index (χ2n) is 4.64. The number of nitrogens with two attached hydrogens (primary N) is 1. The molecule has 0 radical (unpaired) electrons. The number of carboxylic acids is 1. The van der Waals surface area contributed by atoms with Crippen molar-refractivity contribution >= 4 is 22.7 Å². The van der Waals surface area contributed by atoms with E-state index in [1.807, 2.05) is 24.3 Å². The number of nitrogens with one attached hydrogen (secondary N) is 1. The summed E-state index contributed by atoms with van der Waals surface area (Å²) < 4.78 is 0. The number of hydrogen-bond acceptors (Lipinski definition) is 3. The van der Waals surface area contributed by atoms with Crippen molar-refractivity contribution < 1.29 is 9.90 Å². The summed E-state index contributed by atoms with van der Waals surface area (Å²) in [5.74, 6) is -0.145. The summed E-state index contributed by atoms with van der Waals surface area (Å²) in [5, 5.41) is 8.97. The maximum atomic E-state index is 10.9. The van der Waals surface area contributed by atoms with Gasteiger partial charge in [0.05, 0.1) is 16.6 Å². The Morgan fingerprint density at radius 2 is 1.95 bits per heavy atom. The first-order valence-corrected chi connectivity index (χ1v) is 6.18. The summed E-state index contributed by atoms with van der Waals surface area (Å²) in [6.45, 7) is 0. The highest BCUT2D eigenvalue weighted by molar-refractivity contribution is 5.92. The molecule has 1 heterocycles. The minimum absolute atomic E-state index is 0.250. The molecule has 4 N–H and O–H groups in total. The quantitative estimate of drug-likeness (QED) is 0.635. The van der Waals surface area contributed by atoms with Crippen LogP contribution in [0.1, 0.15) is 21.7 Å². The smallest absolute Gasteiger partial charge is 0.335 e. The van der Waals surface area contributed by atoms with E-state index in [9.17, 15) is 4.79 Å². The molecule has 5 nitrogen and oxygen atoms in total. The number of benzene rings is 2. The second-order valence-corrected chi connectivity index (χ2v) is 4.64. The zero-order valence-corrected chi connectivity index (χ0v) is 10.6. The van der Waals surface area contributed by atoms with E-state index >= 15 is 0 Å². The molecule has 0 aliphatic carbocycles. The molecule has 5 heteroatoms. The largest absolute Gasteiger partial charge is 0.478 e. The first kappa shape index (κ1) is 12.2. The van der Waals surface area contributed by atoms with Crippen molar-refractivity contribution in [1.29, 1.82) is 0 Å². The maximum Gasteiger partial charge on any atom is 0.335 e. The van der Waals surface area contributed by atoms with Gasteiger partial charge in [0.2, 0.25) is 0 Å². The molecule has 0 atom stereocenters. The Bertz CT molecular complexity index is 775. The third kappa shape index (κ3) is 2.33. The van der Waals surface area contributed by atoms with Crippen LogP contribution in [-0.4, -0.2) is 21.0 Å². The molecule has 0 spiro atoms. The molecular weight excluding hydrogens is 254 g/mol. The number of fused-ring (bicyclic) bond motifs is 1. The normalized spacial score (nSPS) is 10.8. The van der Waals surface area contributed by atoms with Crippen molar-refractivity contribution in [3.05, 3.63) is 59.4 Å². The highest BCUT2D eigenvalue weighted by Gasteiger charge is 2.08. The molecule has 3 rings (SSSR count). The second kappa shape index (κ2) is 4.70. The van der Waals surface area contributed by atoms with Crippen molar-refractivity contribution in [3.8, 4) is 0 Å². The van der Waals surface area contributed by atoms with Crippen LogP contribution in [0.15, 0.2) is 42.5 Å². The fourth-order valence-electron chi connectivity index (χ4n) is 2.11. The Labute approximate surface area is 115 Å². The van der Waals surface area contributed by atoms with Crippen molar-refractivity contribution in [2.75, 3.05) is 5.73 Å². The molecule has 20 heavy (non-hydrogen) atoms. The lowest BCUT2D eigenvalue weighted by Crippen LogP contribution is -1.94. The molecular formula is C15H13N3O2. The van der Waals surface area contributed by atoms with E-state index in [4.69, 9.17) is 10.8 Å². The van der Waals surface area contributed by atoms with Gasteiger partial charge in [-0.15, -0.1) is 0 Å². The van der Waals surface area contributed by atoms with E-state index < -0.39 is 5.97 Å². The Hall–Kier alpha value is -2.82. The molecule has 0 aliphatic rings. The molecule has 1 aromatic heterocycles. The molecule has 0 unspecified atom stereocenters. The molecule has 0 saturated carbocycles. The van der Waals surface area contributed by atoms with Crippen LogP contribution in [0.2, 0.25) is 0 Å². The number of nitrogens with zero attached hydrogens (tertiary/aromatic N) is 1. The van der Waals surface area contributed by atoms with Crippen molar-refractivity contribution in [2.24, 2.45) is 0 Å². The number of rotatable bonds is 3. The van der Waals surface area contributed by atoms with E-state index in [0.29, 0.717) is 6.42 Å². The van der Waals surface area contributed by atoms with Crippen LogP contribution in [0.25, 0.3) is 11.0 Å². The van der Waals surface area contributed by atoms with Gasteiger partial charge in [-0.2, -0.15) is 0 Å². The number of nitrogen functional groups attached to an aromatic ring is 1. The van der Waals surface area contributed by atoms with Crippen LogP contribution < -0.4 is 5.73 Å². The van der Waals surface area contributed by atoms with Gasteiger partial charge in [-0.3, -0.25) is 0 Å². The number of imidazole rings is 1. The number of aromatic carboxylic acids is 1. The summed E-state index contributed by atoms with van der Waals surface area (Å²) >= 11 is 0. The van der Waals surface area contributed by atoms with Crippen LogP contribution in [0.3, 0.4) is 0 Å². The first-order chi connectivity index (χ1) is 9.61. The van der Waals surface area contributed by atoms with Gasteiger partial charge in [-0.05, 0) is 35.9 Å². The van der Waals surface area contributed by atoms with Gasteiger partial charge in [0.15, 0.2) is 0 Å². The van der Waals surface area contributed by atoms with E-state index in [1.165, 1.54) is 0 Å². The number of aromatic nitrogens is 2. The van der Waals surface area contributed by atoms with Crippen LogP contribution in [0.5, 0.6) is 0 Å². The van der Waals surface area contributed by atoms with Gasteiger partial charge in [0.25, 0.3) is 0 Å². The van der Waals surface area contributed by atoms with E-state index in [0.717, 1.165) is 28.1 Å². The Morgan fingerprint density at radius 3 is 2.65 bits per heavy atom. The molecule has 3 aromatic rings. The summed E-state index contributed by atoms with van der Waals surface area (Å²) in [6.07, 6.45) is 0.650. The average Bonchev–Trinajstić information content (AvgIpc) is 2.82. The lowest BCUT2D eigenvalue weighted by atomic mass is 10.1. The molecule has 2 aromatic carbocycles. The zero-order valence-electron chi connectivity index (χ0n) is 10.6. The van der Waals surface area contributed by atoms with Gasteiger partial charge in [0, 0.05) is 12.1 Å². The maximum absolute atomic E-state index is 10.9. The Balaban J connectivity index is 1.92.